The molecule has 0 unspecified atom stereocenters. The van der Waals surface area contributed by atoms with Crippen LogP contribution < -0.4 is 10.1 Å². The Morgan fingerprint density at radius 3 is 2.40 bits per heavy atom. The second kappa shape index (κ2) is 7.12. The topological polar surface area (TPSA) is 47.0 Å². The maximum atomic E-state index is 5.32. The molecule has 0 radical (unpaired) electrons. The van der Waals surface area contributed by atoms with E-state index >= 15 is 0 Å². The van der Waals surface area contributed by atoms with Gasteiger partial charge in [0.05, 0.1) is 7.11 Å². The van der Waals surface area contributed by atoms with E-state index < -0.39 is 0 Å². The third-order valence-electron chi connectivity index (χ3n) is 6.06. The molecule has 2 aromatic rings. The molecule has 1 aromatic carbocycles. The van der Waals surface area contributed by atoms with Crippen molar-refractivity contribution in [1.29, 1.82) is 0 Å². The predicted octanol–water partition coefficient (Wildman–Crippen LogP) is 3.86. The number of hydrogen-bond donors (Lipinski definition) is 1. The molecule has 1 N–H and O–H groups in total. The van der Waals surface area contributed by atoms with Gasteiger partial charge in [-0.05, 0) is 49.3 Å². The van der Waals surface area contributed by atoms with Crippen LogP contribution in [0.5, 0.6) is 5.75 Å². The maximum absolute atomic E-state index is 5.32. The van der Waals surface area contributed by atoms with Crippen molar-refractivity contribution in [3.05, 3.63) is 53.6 Å². The number of fused-ring (bicyclic) bond motifs is 1. The van der Waals surface area contributed by atoms with Gasteiger partial charge in [-0.15, -0.1) is 0 Å². The predicted molar refractivity (Wildman–Crippen MR) is 98.6 cm³/mol. The van der Waals surface area contributed by atoms with Crippen molar-refractivity contribution < 1.29 is 4.74 Å². The highest BCUT2D eigenvalue weighted by Crippen LogP contribution is 2.54. The molecule has 4 heteroatoms. The molecule has 2 saturated carbocycles. The quantitative estimate of drug-likeness (QED) is 0.900. The number of hydrogen-bond acceptors (Lipinski definition) is 4. The van der Waals surface area contributed by atoms with E-state index in [1.807, 2.05) is 19.3 Å². The van der Waals surface area contributed by atoms with Crippen LogP contribution >= 0.6 is 0 Å². The Kier molecular flexibility index (Phi) is 4.71. The van der Waals surface area contributed by atoms with Gasteiger partial charge in [0.2, 0.25) is 0 Å². The lowest BCUT2D eigenvalue weighted by Gasteiger charge is -2.55. The summed E-state index contributed by atoms with van der Waals surface area (Å²) in [6.45, 7) is 2.77. The number of nitrogens with zero attached hydrogens (tertiary/aromatic N) is 2. The molecule has 2 fully saturated rings. The Bertz CT molecular complexity index is 698. The molecule has 25 heavy (non-hydrogen) atoms. The molecule has 0 spiro atoms. The average molecular weight is 337 g/mol. The second-order valence-corrected chi connectivity index (χ2v) is 7.46. The van der Waals surface area contributed by atoms with Crippen molar-refractivity contribution in [3.63, 3.8) is 0 Å². The largest absolute Gasteiger partial charge is 0.497 e. The summed E-state index contributed by atoms with van der Waals surface area (Å²) in [5.41, 5.74) is 2.61. The highest BCUT2D eigenvalue weighted by molar-refractivity contribution is 5.33. The van der Waals surface area contributed by atoms with Crippen LogP contribution in [0.1, 0.15) is 48.6 Å². The summed E-state index contributed by atoms with van der Waals surface area (Å²) in [5.74, 6) is 4.02. The van der Waals surface area contributed by atoms with E-state index in [9.17, 15) is 0 Å². The fourth-order valence-corrected chi connectivity index (χ4v) is 4.77. The molecule has 4 rings (SSSR count). The Hall–Kier alpha value is -1.94. The molecular weight excluding hydrogens is 310 g/mol. The molecule has 0 bridgehead atoms. The van der Waals surface area contributed by atoms with Gasteiger partial charge in [0, 0.05) is 36.5 Å². The summed E-state index contributed by atoms with van der Waals surface area (Å²) in [6, 6.07) is 9.24. The molecule has 0 saturated heterocycles. The van der Waals surface area contributed by atoms with Gasteiger partial charge >= 0.3 is 0 Å². The summed E-state index contributed by atoms with van der Waals surface area (Å²) in [4.78, 5) is 8.63. The third-order valence-corrected chi connectivity index (χ3v) is 6.06. The first-order valence-electron chi connectivity index (χ1n) is 9.41. The Morgan fingerprint density at radius 2 is 1.72 bits per heavy atom. The van der Waals surface area contributed by atoms with Crippen molar-refractivity contribution in [3.8, 4) is 5.75 Å². The zero-order valence-electron chi connectivity index (χ0n) is 15.1. The highest BCUT2D eigenvalue weighted by Gasteiger charge is 2.50. The maximum Gasteiger partial charge on any atom is 0.125 e. The van der Waals surface area contributed by atoms with Gasteiger partial charge in [-0.25, -0.2) is 9.97 Å². The van der Waals surface area contributed by atoms with Crippen LogP contribution in [0, 0.1) is 18.8 Å². The first-order valence-corrected chi connectivity index (χ1v) is 9.41. The zero-order valence-corrected chi connectivity index (χ0v) is 15.1. The minimum Gasteiger partial charge on any atom is -0.497 e. The smallest absolute Gasteiger partial charge is 0.125 e. The molecule has 4 nitrogen and oxygen atoms in total. The lowest BCUT2D eigenvalue weighted by molar-refractivity contribution is 0.0253. The van der Waals surface area contributed by atoms with Crippen LogP contribution in [0.4, 0.5) is 0 Å². The Morgan fingerprint density at radius 1 is 1.04 bits per heavy atom. The molecular formula is C21H27N3O. The summed E-state index contributed by atoms with van der Waals surface area (Å²) in [6.07, 6.45) is 9.37. The summed E-state index contributed by atoms with van der Waals surface area (Å²) in [5, 5.41) is 3.82. The van der Waals surface area contributed by atoms with E-state index in [-0.39, 0.29) is 0 Å². The number of ether oxygens (including phenoxy) is 1. The van der Waals surface area contributed by atoms with Gasteiger partial charge in [-0.1, -0.05) is 25.0 Å². The number of methoxy groups -OCH3 is 1. The number of aryl methyl sites for hydroxylation is 1. The SMILES string of the molecule is COc1ccc([C@H]2[C@H]3CCCC[C@H]3[C@@H]2NCc2cnc(C)nc2)cc1. The minimum absolute atomic E-state index is 0.556. The number of benzene rings is 1. The van der Waals surface area contributed by atoms with Gasteiger partial charge in [0.25, 0.3) is 0 Å². The van der Waals surface area contributed by atoms with Gasteiger partial charge in [-0.3, -0.25) is 0 Å². The van der Waals surface area contributed by atoms with Crippen molar-refractivity contribution in [2.45, 2.75) is 51.1 Å². The lowest BCUT2D eigenvalue weighted by atomic mass is 9.53. The molecule has 0 aliphatic heterocycles. The van der Waals surface area contributed by atoms with Crippen molar-refractivity contribution in [1.82, 2.24) is 15.3 Å². The third kappa shape index (κ3) is 3.28. The van der Waals surface area contributed by atoms with Gasteiger partial charge < -0.3 is 10.1 Å². The number of nitrogens with one attached hydrogen (secondary N) is 1. The summed E-state index contributed by atoms with van der Waals surface area (Å²) in [7, 11) is 1.73. The van der Waals surface area contributed by atoms with E-state index in [2.05, 4.69) is 39.6 Å². The van der Waals surface area contributed by atoms with Crippen molar-refractivity contribution in [2.75, 3.05) is 7.11 Å². The zero-order chi connectivity index (χ0) is 17.2. The Labute approximate surface area is 150 Å². The van der Waals surface area contributed by atoms with Crippen LogP contribution in [-0.2, 0) is 6.54 Å². The molecule has 2 aliphatic rings. The molecule has 0 amide bonds. The monoisotopic (exact) mass is 337 g/mol. The highest BCUT2D eigenvalue weighted by atomic mass is 16.5. The Balaban J connectivity index is 1.49. The normalized spacial score (nSPS) is 28.1. The van der Waals surface area contributed by atoms with E-state index in [0.717, 1.165) is 30.0 Å². The number of aromatic nitrogens is 2. The minimum atomic E-state index is 0.556. The van der Waals surface area contributed by atoms with Crippen molar-refractivity contribution in [2.24, 2.45) is 11.8 Å². The fraction of sp³-hybridized carbons (Fsp3) is 0.524. The fourth-order valence-electron chi connectivity index (χ4n) is 4.77. The van der Waals surface area contributed by atoms with Crippen molar-refractivity contribution >= 4 is 0 Å². The lowest BCUT2D eigenvalue weighted by Crippen LogP contribution is -2.57. The molecule has 4 atom stereocenters. The molecule has 1 heterocycles. The van der Waals surface area contributed by atoms with Gasteiger partial charge in [-0.2, -0.15) is 0 Å². The van der Waals surface area contributed by atoms with Crippen LogP contribution in [0.25, 0.3) is 0 Å². The van der Waals surface area contributed by atoms with Crippen LogP contribution in [0.3, 0.4) is 0 Å². The van der Waals surface area contributed by atoms with E-state index in [1.165, 1.54) is 36.8 Å². The van der Waals surface area contributed by atoms with E-state index in [0.29, 0.717) is 12.0 Å². The number of rotatable bonds is 5. The summed E-state index contributed by atoms with van der Waals surface area (Å²) >= 11 is 0. The first-order chi connectivity index (χ1) is 12.3. The summed E-state index contributed by atoms with van der Waals surface area (Å²) < 4.78 is 5.32. The van der Waals surface area contributed by atoms with Crippen LogP contribution in [0.15, 0.2) is 36.7 Å². The molecule has 1 aromatic heterocycles. The second-order valence-electron chi connectivity index (χ2n) is 7.46. The molecule has 132 valence electrons. The van der Waals surface area contributed by atoms with E-state index in [1.54, 1.807) is 7.11 Å². The van der Waals surface area contributed by atoms with Crippen LogP contribution in [0.2, 0.25) is 0 Å². The van der Waals surface area contributed by atoms with E-state index in [4.69, 9.17) is 4.74 Å². The van der Waals surface area contributed by atoms with Crippen LogP contribution in [-0.4, -0.2) is 23.1 Å². The first kappa shape index (κ1) is 16.5. The molecule has 2 aliphatic carbocycles. The average Bonchev–Trinajstić information content (AvgIpc) is 2.65. The van der Waals surface area contributed by atoms with Gasteiger partial charge in [0.1, 0.15) is 11.6 Å². The van der Waals surface area contributed by atoms with Gasteiger partial charge in [0.15, 0.2) is 0 Å². The standard InChI is InChI=1S/C21H27N3O/c1-14-22-11-15(12-23-14)13-24-21-19-6-4-3-5-18(19)20(21)16-7-9-17(25-2)10-8-16/h7-12,18-21,24H,3-6,13H2,1-2H3/t18-,19+,20-,21-/m0/s1.